The van der Waals surface area contributed by atoms with E-state index < -0.39 is 23.9 Å². The number of esters is 1. The number of nitrogens with zero attached hydrogens (tertiary/aromatic N) is 2. The average Bonchev–Trinajstić information content (AvgIpc) is 2.53. The molecule has 0 atom stereocenters. The zero-order valence-corrected chi connectivity index (χ0v) is 13.4. The largest absolute Gasteiger partial charge is 0.452 e. The van der Waals surface area contributed by atoms with Crippen LogP contribution in [0.2, 0.25) is 0 Å². The van der Waals surface area contributed by atoms with Crippen molar-refractivity contribution in [2.75, 3.05) is 13.2 Å². The zero-order valence-electron chi connectivity index (χ0n) is 13.4. The van der Waals surface area contributed by atoms with Crippen LogP contribution in [-0.2, 0) is 16.1 Å². The van der Waals surface area contributed by atoms with Crippen molar-refractivity contribution in [1.29, 1.82) is 0 Å². The van der Waals surface area contributed by atoms with E-state index in [1.807, 2.05) is 13.8 Å². The highest BCUT2D eigenvalue weighted by Gasteiger charge is 2.18. The number of likely N-dealkylation sites (N-methyl/N-ethyl adjacent to an activating group) is 1. The minimum Gasteiger partial charge on any atom is -0.452 e. The fraction of sp³-hybridized carbons (Fsp3) is 0.375. The van der Waals surface area contributed by atoms with Gasteiger partial charge in [0, 0.05) is 25.0 Å². The van der Waals surface area contributed by atoms with Crippen LogP contribution in [0.25, 0.3) is 11.0 Å². The molecule has 0 bridgehead atoms. The van der Waals surface area contributed by atoms with Crippen LogP contribution in [0.3, 0.4) is 0 Å². The molecule has 0 spiro atoms. The van der Waals surface area contributed by atoms with Crippen LogP contribution in [0.4, 0.5) is 0 Å². The number of hydrogen-bond donors (Lipinski definition) is 1. The van der Waals surface area contributed by atoms with Crippen molar-refractivity contribution in [3.63, 3.8) is 0 Å². The topological polar surface area (TPSA) is 90.3 Å². The van der Waals surface area contributed by atoms with E-state index in [0.29, 0.717) is 24.1 Å². The van der Waals surface area contributed by atoms with Gasteiger partial charge in [-0.1, -0.05) is 0 Å². The van der Waals surface area contributed by atoms with E-state index in [1.54, 1.807) is 23.6 Å². The third-order valence-electron chi connectivity index (χ3n) is 3.33. The number of ether oxygens (including phenoxy) is 1. The van der Waals surface area contributed by atoms with Gasteiger partial charge in [0.2, 0.25) is 5.43 Å². The van der Waals surface area contributed by atoms with Crippen LogP contribution in [-0.4, -0.2) is 34.6 Å². The molecule has 1 amide bonds. The molecule has 0 aromatic carbocycles. The van der Waals surface area contributed by atoms with E-state index in [9.17, 15) is 14.4 Å². The first kappa shape index (κ1) is 16.7. The molecule has 2 aromatic heterocycles. The summed E-state index contributed by atoms with van der Waals surface area (Å²) in [7, 11) is 0. The van der Waals surface area contributed by atoms with Gasteiger partial charge in [-0.05, 0) is 32.9 Å². The number of pyridine rings is 2. The first-order valence-electron chi connectivity index (χ1n) is 7.42. The van der Waals surface area contributed by atoms with Gasteiger partial charge in [-0.15, -0.1) is 0 Å². The van der Waals surface area contributed by atoms with Gasteiger partial charge in [0.25, 0.3) is 5.91 Å². The van der Waals surface area contributed by atoms with Crippen molar-refractivity contribution in [2.24, 2.45) is 0 Å². The van der Waals surface area contributed by atoms with Gasteiger partial charge >= 0.3 is 5.97 Å². The van der Waals surface area contributed by atoms with Gasteiger partial charge in [0.05, 0.1) is 5.39 Å². The molecule has 0 saturated heterocycles. The highest BCUT2D eigenvalue weighted by molar-refractivity contribution is 5.94. The second-order valence-corrected chi connectivity index (χ2v) is 5.01. The summed E-state index contributed by atoms with van der Waals surface area (Å²) in [5.74, 6) is -1.22. The Hall–Kier alpha value is -2.70. The molecule has 0 aliphatic carbocycles. The molecule has 0 unspecified atom stereocenters. The molecule has 0 saturated carbocycles. The number of nitrogens with one attached hydrogen (secondary N) is 1. The summed E-state index contributed by atoms with van der Waals surface area (Å²) in [4.78, 5) is 40.3. The van der Waals surface area contributed by atoms with Crippen molar-refractivity contribution >= 4 is 22.9 Å². The summed E-state index contributed by atoms with van der Waals surface area (Å²) in [5, 5.41) is 2.87. The zero-order chi connectivity index (χ0) is 17.0. The molecular weight excluding hydrogens is 298 g/mol. The van der Waals surface area contributed by atoms with Crippen LogP contribution in [0.1, 0.15) is 29.9 Å². The number of rotatable bonds is 5. The maximum Gasteiger partial charge on any atom is 0.344 e. The van der Waals surface area contributed by atoms with Crippen molar-refractivity contribution in [3.8, 4) is 0 Å². The Bertz CT molecular complexity index is 811. The fourth-order valence-electron chi connectivity index (χ4n) is 2.20. The van der Waals surface area contributed by atoms with E-state index >= 15 is 0 Å². The van der Waals surface area contributed by atoms with E-state index in [4.69, 9.17) is 4.74 Å². The van der Waals surface area contributed by atoms with Crippen molar-refractivity contribution in [3.05, 3.63) is 39.8 Å². The number of amides is 1. The number of fused-ring (bicyclic) bond motifs is 1. The number of carbonyl (C=O) groups is 2. The molecule has 0 aliphatic heterocycles. The Labute approximate surface area is 133 Å². The lowest BCUT2D eigenvalue weighted by molar-refractivity contribution is -0.124. The van der Waals surface area contributed by atoms with Gasteiger partial charge in [-0.25, -0.2) is 9.78 Å². The van der Waals surface area contributed by atoms with Crippen molar-refractivity contribution in [2.45, 2.75) is 27.3 Å². The molecule has 1 N–H and O–H groups in total. The second kappa shape index (κ2) is 7.04. The molecule has 2 aromatic rings. The second-order valence-electron chi connectivity index (χ2n) is 5.01. The Morgan fingerprint density at radius 3 is 2.70 bits per heavy atom. The molecule has 0 aliphatic rings. The smallest absolute Gasteiger partial charge is 0.344 e. The van der Waals surface area contributed by atoms with Gasteiger partial charge in [0.1, 0.15) is 11.2 Å². The van der Waals surface area contributed by atoms with Gasteiger partial charge in [-0.3, -0.25) is 9.59 Å². The number of hydrogen-bond acceptors (Lipinski definition) is 5. The summed E-state index contributed by atoms with van der Waals surface area (Å²) in [6, 6.07) is 3.36. The predicted molar refractivity (Wildman–Crippen MR) is 85.4 cm³/mol. The number of carbonyl (C=O) groups excluding carboxylic acids is 2. The lowest BCUT2D eigenvalue weighted by atomic mass is 10.2. The normalized spacial score (nSPS) is 10.6. The molecule has 2 rings (SSSR count). The van der Waals surface area contributed by atoms with E-state index in [2.05, 4.69) is 10.3 Å². The van der Waals surface area contributed by atoms with E-state index in [1.165, 1.54) is 6.20 Å². The lowest BCUT2D eigenvalue weighted by Gasteiger charge is -2.11. The minimum atomic E-state index is -0.814. The Morgan fingerprint density at radius 2 is 2.04 bits per heavy atom. The SMILES string of the molecule is CCNC(=O)COC(=O)c1cn(CC)c2nc(C)ccc2c1=O. The summed E-state index contributed by atoms with van der Waals surface area (Å²) in [5.41, 5.74) is 0.760. The van der Waals surface area contributed by atoms with E-state index in [-0.39, 0.29) is 5.56 Å². The van der Waals surface area contributed by atoms with Crippen LogP contribution in [0, 0.1) is 6.92 Å². The number of aryl methyl sites for hydroxylation is 2. The minimum absolute atomic E-state index is 0.102. The first-order chi connectivity index (χ1) is 11.0. The maximum absolute atomic E-state index is 12.5. The molecular formula is C16H19N3O4. The third-order valence-corrected chi connectivity index (χ3v) is 3.33. The predicted octanol–water partition coefficient (Wildman–Crippen LogP) is 1.02. The van der Waals surface area contributed by atoms with Crippen LogP contribution >= 0.6 is 0 Å². The van der Waals surface area contributed by atoms with Gasteiger partial charge < -0.3 is 14.6 Å². The van der Waals surface area contributed by atoms with Crippen LogP contribution < -0.4 is 10.7 Å². The molecule has 0 fully saturated rings. The van der Waals surface area contributed by atoms with Crippen molar-refractivity contribution < 1.29 is 14.3 Å². The average molecular weight is 317 g/mol. The standard InChI is InChI=1S/C16H19N3O4/c1-4-17-13(20)9-23-16(22)12-8-19(5-2)15-11(14(12)21)7-6-10(3)18-15/h6-8H,4-5,9H2,1-3H3,(H,17,20). The molecule has 7 nitrogen and oxygen atoms in total. The fourth-order valence-corrected chi connectivity index (χ4v) is 2.20. The summed E-state index contributed by atoms with van der Waals surface area (Å²) < 4.78 is 6.63. The highest BCUT2D eigenvalue weighted by Crippen LogP contribution is 2.11. The summed E-state index contributed by atoms with van der Waals surface area (Å²) >= 11 is 0. The Balaban J connectivity index is 2.39. The van der Waals surface area contributed by atoms with Gasteiger partial charge in [-0.2, -0.15) is 0 Å². The molecule has 122 valence electrons. The van der Waals surface area contributed by atoms with Crippen LogP contribution in [0.5, 0.6) is 0 Å². The maximum atomic E-state index is 12.5. The van der Waals surface area contributed by atoms with Crippen molar-refractivity contribution in [1.82, 2.24) is 14.9 Å². The highest BCUT2D eigenvalue weighted by atomic mass is 16.5. The monoisotopic (exact) mass is 317 g/mol. The Morgan fingerprint density at radius 1 is 1.30 bits per heavy atom. The third kappa shape index (κ3) is 3.56. The van der Waals surface area contributed by atoms with Gasteiger partial charge in [0.15, 0.2) is 6.61 Å². The summed E-state index contributed by atoms with van der Waals surface area (Å²) in [6.07, 6.45) is 1.43. The van der Waals surface area contributed by atoms with Crippen LogP contribution in [0.15, 0.2) is 23.1 Å². The molecule has 7 heteroatoms. The van der Waals surface area contributed by atoms with E-state index in [0.717, 1.165) is 5.69 Å². The summed E-state index contributed by atoms with van der Waals surface area (Å²) in [6.45, 7) is 6.06. The molecule has 23 heavy (non-hydrogen) atoms. The molecule has 2 heterocycles. The quantitative estimate of drug-likeness (QED) is 0.831. The number of aromatic nitrogens is 2. The Kier molecular flexibility index (Phi) is 5.10. The first-order valence-corrected chi connectivity index (χ1v) is 7.42. The molecule has 0 radical (unpaired) electrons. The lowest BCUT2D eigenvalue weighted by Crippen LogP contribution is -2.30.